The first-order valence-corrected chi connectivity index (χ1v) is 7.90. The lowest BCUT2D eigenvalue weighted by molar-refractivity contribution is 0.315. The van der Waals surface area contributed by atoms with Crippen LogP contribution in [0.1, 0.15) is 20.8 Å². The van der Waals surface area contributed by atoms with Gasteiger partial charge in [0.25, 0.3) is 0 Å². The first-order valence-electron chi connectivity index (χ1n) is 6.41. The fourth-order valence-electron chi connectivity index (χ4n) is 1.51. The molecule has 0 radical (unpaired) electrons. The molecule has 0 saturated heterocycles. The highest BCUT2D eigenvalue weighted by Crippen LogP contribution is 2.16. The van der Waals surface area contributed by atoms with Crippen molar-refractivity contribution in [3.8, 4) is 5.75 Å². The van der Waals surface area contributed by atoms with Gasteiger partial charge in [0.15, 0.2) is 0 Å². The Morgan fingerprint density at radius 1 is 1.21 bits per heavy atom. The summed E-state index contributed by atoms with van der Waals surface area (Å²) in [6.07, 6.45) is 0. The fourth-order valence-corrected chi connectivity index (χ4v) is 2.76. The molecule has 0 spiro atoms. The van der Waals surface area contributed by atoms with E-state index in [1.807, 2.05) is 6.92 Å². The minimum atomic E-state index is -3.42. The zero-order chi connectivity index (χ0) is 14.3. The summed E-state index contributed by atoms with van der Waals surface area (Å²) in [5.41, 5.74) is 0. The molecule has 0 aliphatic rings. The highest BCUT2D eigenvalue weighted by atomic mass is 32.2. The lowest BCUT2D eigenvalue weighted by Gasteiger charge is -2.10. The Morgan fingerprint density at radius 3 is 2.37 bits per heavy atom. The highest BCUT2D eigenvalue weighted by molar-refractivity contribution is 7.89. The molecule has 1 aromatic carbocycles. The van der Waals surface area contributed by atoms with Gasteiger partial charge in [0.1, 0.15) is 12.4 Å². The molecule has 0 unspecified atom stereocenters. The van der Waals surface area contributed by atoms with Gasteiger partial charge in [-0.15, -0.1) is 0 Å². The number of nitrogens with one attached hydrogen (secondary N) is 2. The van der Waals surface area contributed by atoms with Gasteiger partial charge >= 0.3 is 0 Å². The summed E-state index contributed by atoms with van der Waals surface area (Å²) in [4.78, 5) is 0.250. The van der Waals surface area contributed by atoms with Crippen LogP contribution in [0, 0.1) is 0 Å². The number of ether oxygens (including phenoxy) is 1. The molecule has 5 nitrogen and oxygen atoms in total. The molecule has 0 amide bonds. The van der Waals surface area contributed by atoms with Gasteiger partial charge in [-0.1, -0.05) is 6.92 Å². The SMILES string of the molecule is CCNCCOc1ccc(S(=O)(=O)NC(C)C)cc1. The maximum Gasteiger partial charge on any atom is 0.240 e. The molecule has 0 fully saturated rings. The minimum Gasteiger partial charge on any atom is -0.492 e. The molecule has 1 rings (SSSR count). The minimum absolute atomic E-state index is 0.124. The van der Waals surface area contributed by atoms with Crippen LogP contribution in [0.2, 0.25) is 0 Å². The van der Waals surface area contributed by atoms with Gasteiger partial charge < -0.3 is 10.1 Å². The molecule has 6 heteroatoms. The lowest BCUT2D eigenvalue weighted by atomic mass is 10.3. The summed E-state index contributed by atoms with van der Waals surface area (Å²) in [6.45, 7) is 7.84. The van der Waals surface area contributed by atoms with Gasteiger partial charge in [-0.05, 0) is 44.7 Å². The molecule has 2 N–H and O–H groups in total. The van der Waals surface area contributed by atoms with Gasteiger partial charge in [0.2, 0.25) is 10.0 Å². The van der Waals surface area contributed by atoms with Crippen molar-refractivity contribution in [2.45, 2.75) is 31.7 Å². The molecule has 108 valence electrons. The van der Waals surface area contributed by atoms with Crippen LogP contribution in [0.3, 0.4) is 0 Å². The van der Waals surface area contributed by atoms with Gasteiger partial charge in [-0.2, -0.15) is 0 Å². The Balaban J connectivity index is 2.61. The van der Waals surface area contributed by atoms with Crippen molar-refractivity contribution in [1.82, 2.24) is 10.0 Å². The van der Waals surface area contributed by atoms with Crippen LogP contribution in [0.25, 0.3) is 0 Å². The van der Waals surface area contributed by atoms with E-state index >= 15 is 0 Å². The largest absolute Gasteiger partial charge is 0.492 e. The average molecular weight is 286 g/mol. The van der Waals surface area contributed by atoms with E-state index in [4.69, 9.17) is 4.74 Å². The second-order valence-electron chi connectivity index (χ2n) is 4.45. The van der Waals surface area contributed by atoms with Crippen molar-refractivity contribution in [3.05, 3.63) is 24.3 Å². The summed E-state index contributed by atoms with van der Waals surface area (Å²) in [6, 6.07) is 6.31. The van der Waals surface area contributed by atoms with Crippen molar-refractivity contribution in [3.63, 3.8) is 0 Å². The monoisotopic (exact) mass is 286 g/mol. The van der Waals surface area contributed by atoms with Crippen molar-refractivity contribution in [2.24, 2.45) is 0 Å². The summed E-state index contributed by atoms with van der Waals surface area (Å²) in [5, 5.41) is 3.14. The van der Waals surface area contributed by atoms with E-state index in [-0.39, 0.29) is 10.9 Å². The molecule has 0 aliphatic carbocycles. The number of hydrogen-bond donors (Lipinski definition) is 2. The Hall–Kier alpha value is -1.11. The Kier molecular flexibility index (Phi) is 6.27. The zero-order valence-corrected chi connectivity index (χ0v) is 12.5. The van der Waals surface area contributed by atoms with Crippen LogP contribution in [0.15, 0.2) is 29.2 Å². The molecule has 0 heterocycles. The number of benzene rings is 1. The van der Waals surface area contributed by atoms with Crippen molar-refractivity contribution in [1.29, 1.82) is 0 Å². The Labute approximate surface area is 115 Å². The third-order valence-corrected chi connectivity index (χ3v) is 4.00. The fraction of sp³-hybridized carbons (Fsp3) is 0.538. The molecule has 0 aliphatic heterocycles. The molecule has 0 aromatic heterocycles. The predicted octanol–water partition coefficient (Wildman–Crippen LogP) is 1.36. The highest BCUT2D eigenvalue weighted by Gasteiger charge is 2.14. The molecular weight excluding hydrogens is 264 g/mol. The van der Waals surface area contributed by atoms with Crippen LogP contribution in [-0.4, -0.2) is 34.2 Å². The number of rotatable bonds is 8. The summed E-state index contributed by atoms with van der Waals surface area (Å²) in [7, 11) is -3.42. The normalized spacial score (nSPS) is 11.8. The number of likely N-dealkylation sites (N-methyl/N-ethyl adjacent to an activating group) is 1. The standard InChI is InChI=1S/C13H22N2O3S/c1-4-14-9-10-18-12-5-7-13(8-6-12)19(16,17)15-11(2)3/h5-8,11,14-15H,4,9-10H2,1-3H3. The van der Waals surface area contributed by atoms with Crippen LogP contribution in [-0.2, 0) is 10.0 Å². The van der Waals surface area contributed by atoms with Crippen LogP contribution < -0.4 is 14.8 Å². The molecule has 0 bridgehead atoms. The van der Waals surface area contributed by atoms with Crippen LogP contribution >= 0.6 is 0 Å². The first-order chi connectivity index (χ1) is 8.95. The molecule has 0 atom stereocenters. The second-order valence-corrected chi connectivity index (χ2v) is 6.16. The van der Waals surface area contributed by atoms with E-state index in [1.165, 1.54) is 0 Å². The van der Waals surface area contributed by atoms with Crippen molar-refractivity contribution < 1.29 is 13.2 Å². The quantitative estimate of drug-likeness (QED) is 0.708. The van der Waals surface area contributed by atoms with Crippen molar-refractivity contribution in [2.75, 3.05) is 19.7 Å². The Bertz CT molecular complexity index is 469. The topological polar surface area (TPSA) is 67.4 Å². The van der Waals surface area contributed by atoms with E-state index in [1.54, 1.807) is 38.1 Å². The van der Waals surface area contributed by atoms with Crippen molar-refractivity contribution >= 4 is 10.0 Å². The summed E-state index contributed by atoms with van der Waals surface area (Å²) in [5.74, 6) is 0.668. The van der Waals surface area contributed by atoms with E-state index in [0.717, 1.165) is 13.1 Å². The van der Waals surface area contributed by atoms with Gasteiger partial charge in [0, 0.05) is 12.6 Å². The lowest BCUT2D eigenvalue weighted by Crippen LogP contribution is -2.30. The van der Waals surface area contributed by atoms with E-state index in [2.05, 4.69) is 10.0 Å². The third-order valence-electron chi connectivity index (χ3n) is 2.32. The zero-order valence-electron chi connectivity index (χ0n) is 11.6. The molecular formula is C13H22N2O3S. The molecule has 1 aromatic rings. The third kappa shape index (κ3) is 5.59. The summed E-state index contributed by atoms with van der Waals surface area (Å²) >= 11 is 0. The maximum atomic E-state index is 11.9. The number of sulfonamides is 1. The van der Waals surface area contributed by atoms with E-state index in [0.29, 0.717) is 12.4 Å². The van der Waals surface area contributed by atoms with Gasteiger partial charge in [-0.3, -0.25) is 0 Å². The molecule has 0 saturated carbocycles. The van der Waals surface area contributed by atoms with Crippen LogP contribution in [0.5, 0.6) is 5.75 Å². The smallest absolute Gasteiger partial charge is 0.240 e. The van der Waals surface area contributed by atoms with E-state index < -0.39 is 10.0 Å². The summed E-state index contributed by atoms with van der Waals surface area (Å²) < 4.78 is 31.8. The first kappa shape index (κ1) is 15.9. The predicted molar refractivity (Wildman–Crippen MR) is 75.9 cm³/mol. The Morgan fingerprint density at radius 2 is 1.84 bits per heavy atom. The maximum absolute atomic E-state index is 11.9. The van der Waals surface area contributed by atoms with Gasteiger partial charge in [-0.25, -0.2) is 13.1 Å². The number of hydrogen-bond acceptors (Lipinski definition) is 4. The second kappa shape index (κ2) is 7.47. The van der Waals surface area contributed by atoms with Gasteiger partial charge in [0.05, 0.1) is 4.90 Å². The molecule has 19 heavy (non-hydrogen) atoms. The average Bonchev–Trinajstić information content (AvgIpc) is 2.34. The van der Waals surface area contributed by atoms with Crippen LogP contribution in [0.4, 0.5) is 0 Å². The van der Waals surface area contributed by atoms with E-state index in [9.17, 15) is 8.42 Å².